The van der Waals surface area contributed by atoms with Gasteiger partial charge in [-0.15, -0.1) is 16.4 Å². The zero-order valence-corrected chi connectivity index (χ0v) is 13.6. The van der Waals surface area contributed by atoms with E-state index in [4.69, 9.17) is 4.42 Å². The molecule has 0 aliphatic rings. The molecule has 22 heavy (non-hydrogen) atoms. The third kappa shape index (κ3) is 3.69. The number of hydrogen-bond acceptors (Lipinski definition) is 5. The van der Waals surface area contributed by atoms with E-state index in [1.54, 1.807) is 6.08 Å². The Labute approximate surface area is 138 Å². The predicted molar refractivity (Wildman–Crippen MR) is 89.4 cm³/mol. The lowest BCUT2D eigenvalue weighted by atomic mass is 10.2. The van der Waals surface area contributed by atoms with Crippen LogP contribution in [-0.2, 0) is 4.79 Å². The van der Waals surface area contributed by atoms with Crippen LogP contribution in [0.25, 0.3) is 16.8 Å². The van der Waals surface area contributed by atoms with Gasteiger partial charge in [0.25, 0.3) is 11.8 Å². The van der Waals surface area contributed by atoms with Crippen LogP contribution >= 0.6 is 27.3 Å². The molecule has 3 aromatic rings. The molecule has 1 N–H and O–H groups in total. The Hall–Kier alpha value is -2.25. The van der Waals surface area contributed by atoms with E-state index >= 15 is 0 Å². The molecule has 7 heteroatoms. The highest BCUT2D eigenvalue weighted by atomic mass is 79.9. The maximum Gasteiger partial charge on any atom is 0.322 e. The van der Waals surface area contributed by atoms with Crippen LogP contribution in [0.1, 0.15) is 5.56 Å². The molecule has 2 aromatic heterocycles. The minimum atomic E-state index is -0.327. The summed E-state index contributed by atoms with van der Waals surface area (Å²) in [5, 5.41) is 10.2. The van der Waals surface area contributed by atoms with Crippen molar-refractivity contribution >= 4 is 45.3 Å². The molecule has 3 rings (SSSR count). The van der Waals surface area contributed by atoms with Crippen LogP contribution in [0.3, 0.4) is 0 Å². The largest absolute Gasteiger partial charge is 0.402 e. The summed E-state index contributed by atoms with van der Waals surface area (Å²) in [6.45, 7) is 0. The van der Waals surface area contributed by atoms with Crippen molar-refractivity contribution in [3.63, 3.8) is 0 Å². The molecule has 0 fully saturated rings. The number of carbonyl (C=O) groups excluding carboxylic acids is 1. The zero-order chi connectivity index (χ0) is 15.4. The van der Waals surface area contributed by atoms with Crippen molar-refractivity contribution < 1.29 is 9.21 Å². The van der Waals surface area contributed by atoms with Gasteiger partial charge in [0.05, 0.1) is 8.66 Å². The molecule has 5 nitrogen and oxygen atoms in total. The number of benzene rings is 1. The predicted octanol–water partition coefficient (Wildman–Crippen LogP) is 4.21. The number of nitrogens with one attached hydrogen (secondary N) is 1. The topological polar surface area (TPSA) is 68.0 Å². The van der Waals surface area contributed by atoms with Crippen molar-refractivity contribution in [3.8, 4) is 10.8 Å². The van der Waals surface area contributed by atoms with E-state index in [9.17, 15) is 4.79 Å². The van der Waals surface area contributed by atoms with Crippen LogP contribution in [0, 0.1) is 0 Å². The molecule has 1 amide bonds. The monoisotopic (exact) mass is 375 g/mol. The number of aromatic nitrogens is 2. The maximum atomic E-state index is 11.8. The van der Waals surface area contributed by atoms with Gasteiger partial charge in [-0.2, -0.15) is 0 Å². The summed E-state index contributed by atoms with van der Waals surface area (Å²) in [6.07, 6.45) is 3.13. The van der Waals surface area contributed by atoms with Gasteiger partial charge in [-0.05, 0) is 39.7 Å². The molecular formula is C15H10BrN3O2S. The van der Waals surface area contributed by atoms with Crippen molar-refractivity contribution in [1.29, 1.82) is 0 Å². The Bertz CT molecular complexity index is 811. The lowest BCUT2D eigenvalue weighted by Gasteiger charge is -1.94. The number of anilines is 1. The number of amides is 1. The number of thiophene rings is 1. The first kappa shape index (κ1) is 14.7. The zero-order valence-electron chi connectivity index (χ0n) is 11.2. The van der Waals surface area contributed by atoms with E-state index in [1.165, 1.54) is 17.4 Å². The number of carbonyl (C=O) groups is 1. The molecule has 0 aliphatic heterocycles. The molecule has 2 heterocycles. The van der Waals surface area contributed by atoms with Crippen molar-refractivity contribution in [1.82, 2.24) is 10.2 Å². The number of hydrogen-bond donors (Lipinski definition) is 1. The van der Waals surface area contributed by atoms with Gasteiger partial charge in [0.15, 0.2) is 0 Å². The van der Waals surface area contributed by atoms with Crippen molar-refractivity contribution in [2.75, 3.05) is 5.32 Å². The summed E-state index contributed by atoms with van der Waals surface area (Å²) >= 11 is 4.84. The third-order valence-corrected chi connectivity index (χ3v) is 4.28. The van der Waals surface area contributed by atoms with Crippen molar-refractivity contribution in [3.05, 3.63) is 57.9 Å². The van der Waals surface area contributed by atoms with Gasteiger partial charge < -0.3 is 4.42 Å². The Kier molecular flexibility index (Phi) is 4.45. The summed E-state index contributed by atoms with van der Waals surface area (Å²) in [4.78, 5) is 12.6. The minimum absolute atomic E-state index is 0.0715. The van der Waals surface area contributed by atoms with Crippen LogP contribution in [0.2, 0.25) is 0 Å². The third-order valence-electron chi connectivity index (χ3n) is 2.67. The van der Waals surface area contributed by atoms with E-state index in [0.717, 1.165) is 14.2 Å². The average Bonchev–Trinajstić information content (AvgIpc) is 3.15. The SMILES string of the molecule is O=C(C=Cc1ccccc1)Nc1nnc(-c2ccc(Br)s2)o1. The quantitative estimate of drug-likeness (QED) is 0.693. The standard InChI is InChI=1S/C15H10BrN3O2S/c16-12-8-7-11(22-12)14-18-19-15(21-14)17-13(20)9-6-10-4-2-1-3-5-10/h1-9H,(H,17,19,20). The Balaban J connectivity index is 1.65. The molecule has 0 saturated carbocycles. The normalized spacial score (nSPS) is 11.0. The van der Waals surface area contributed by atoms with Crippen molar-refractivity contribution in [2.45, 2.75) is 0 Å². The summed E-state index contributed by atoms with van der Waals surface area (Å²) in [5.74, 6) is 0.0458. The van der Waals surface area contributed by atoms with Gasteiger partial charge in [0, 0.05) is 6.08 Å². The van der Waals surface area contributed by atoms with E-state index < -0.39 is 0 Å². The highest BCUT2D eigenvalue weighted by molar-refractivity contribution is 9.11. The second-order valence-corrected chi connectivity index (χ2v) is 6.71. The molecule has 0 bridgehead atoms. The lowest BCUT2D eigenvalue weighted by molar-refractivity contribution is -0.112. The second kappa shape index (κ2) is 6.67. The first-order valence-electron chi connectivity index (χ1n) is 6.34. The molecular weight excluding hydrogens is 366 g/mol. The van der Waals surface area contributed by atoms with E-state index in [0.29, 0.717) is 5.89 Å². The van der Waals surface area contributed by atoms with Gasteiger partial charge in [-0.3, -0.25) is 10.1 Å². The molecule has 1 aromatic carbocycles. The van der Waals surface area contributed by atoms with Crippen molar-refractivity contribution in [2.24, 2.45) is 0 Å². The van der Waals surface area contributed by atoms with E-state index in [1.807, 2.05) is 42.5 Å². The fourth-order valence-electron chi connectivity index (χ4n) is 1.69. The van der Waals surface area contributed by atoms with Crippen LogP contribution in [0.4, 0.5) is 6.01 Å². The maximum absolute atomic E-state index is 11.8. The van der Waals surface area contributed by atoms with Gasteiger partial charge in [-0.1, -0.05) is 35.4 Å². The average molecular weight is 376 g/mol. The summed E-state index contributed by atoms with van der Waals surface area (Å²) in [5.41, 5.74) is 0.937. The summed E-state index contributed by atoms with van der Waals surface area (Å²) in [7, 11) is 0. The lowest BCUT2D eigenvalue weighted by Crippen LogP contribution is -2.07. The molecule has 110 valence electrons. The Morgan fingerprint density at radius 2 is 2.00 bits per heavy atom. The fraction of sp³-hybridized carbons (Fsp3) is 0. The minimum Gasteiger partial charge on any atom is -0.402 e. The first-order chi connectivity index (χ1) is 10.7. The van der Waals surface area contributed by atoms with Crippen LogP contribution in [0.5, 0.6) is 0 Å². The van der Waals surface area contributed by atoms with Gasteiger partial charge >= 0.3 is 6.01 Å². The molecule has 0 aliphatic carbocycles. The van der Waals surface area contributed by atoms with Crippen LogP contribution in [-0.4, -0.2) is 16.1 Å². The molecule has 0 saturated heterocycles. The number of nitrogens with zero attached hydrogens (tertiary/aromatic N) is 2. The smallest absolute Gasteiger partial charge is 0.322 e. The highest BCUT2D eigenvalue weighted by Crippen LogP contribution is 2.30. The van der Waals surface area contributed by atoms with Gasteiger partial charge in [-0.25, -0.2) is 0 Å². The number of rotatable bonds is 4. The molecule has 0 radical (unpaired) electrons. The highest BCUT2D eigenvalue weighted by Gasteiger charge is 2.11. The van der Waals surface area contributed by atoms with Gasteiger partial charge in [0.1, 0.15) is 0 Å². The van der Waals surface area contributed by atoms with Gasteiger partial charge in [0.2, 0.25) is 0 Å². The molecule has 0 spiro atoms. The van der Waals surface area contributed by atoms with E-state index in [-0.39, 0.29) is 11.9 Å². The van der Waals surface area contributed by atoms with E-state index in [2.05, 4.69) is 31.4 Å². The molecule has 0 atom stereocenters. The van der Waals surface area contributed by atoms with Crippen LogP contribution in [0.15, 0.2) is 56.7 Å². The Morgan fingerprint density at radius 3 is 2.73 bits per heavy atom. The first-order valence-corrected chi connectivity index (χ1v) is 7.95. The van der Waals surface area contributed by atoms with Crippen LogP contribution < -0.4 is 5.32 Å². The Morgan fingerprint density at radius 1 is 1.18 bits per heavy atom. The number of halogens is 1. The second-order valence-electron chi connectivity index (χ2n) is 4.25. The summed E-state index contributed by atoms with van der Waals surface area (Å²) in [6, 6.07) is 13.4. The summed E-state index contributed by atoms with van der Waals surface area (Å²) < 4.78 is 6.38. The molecule has 0 unspecified atom stereocenters. The fourth-order valence-corrected chi connectivity index (χ4v) is 2.99.